The number of hydrogen-bond acceptors (Lipinski definition) is 4. The van der Waals surface area contributed by atoms with E-state index in [-0.39, 0.29) is 6.61 Å². The highest BCUT2D eigenvalue weighted by Gasteiger charge is 2.18. The number of nitrogens with one attached hydrogen (secondary N) is 1. The largest absolute Gasteiger partial charge is 0.395 e. The van der Waals surface area contributed by atoms with Gasteiger partial charge in [0.1, 0.15) is 0 Å². The summed E-state index contributed by atoms with van der Waals surface area (Å²) in [7, 11) is 0. The zero-order valence-corrected chi connectivity index (χ0v) is 8.21. The van der Waals surface area contributed by atoms with Crippen molar-refractivity contribution in [3.8, 4) is 0 Å². The molecule has 0 bridgehead atoms. The van der Waals surface area contributed by atoms with Gasteiger partial charge in [-0.05, 0) is 19.4 Å². The predicted octanol–water partition coefficient (Wildman–Crippen LogP) is -1.01. The molecular formula is C9H21N3O. The lowest BCUT2D eigenvalue weighted by atomic mass is 10.1. The summed E-state index contributed by atoms with van der Waals surface area (Å²) < 4.78 is 0. The molecule has 1 rings (SSSR count). The Morgan fingerprint density at radius 3 is 2.62 bits per heavy atom. The van der Waals surface area contributed by atoms with Gasteiger partial charge in [0.2, 0.25) is 0 Å². The molecule has 0 spiro atoms. The lowest BCUT2D eigenvalue weighted by Crippen LogP contribution is -2.49. The first kappa shape index (κ1) is 10.9. The maximum absolute atomic E-state index is 9.20. The average Bonchev–Trinajstić information content (AvgIpc) is 2.21. The third-order valence-electron chi connectivity index (χ3n) is 2.62. The van der Waals surface area contributed by atoms with Crippen LogP contribution in [0.5, 0.6) is 0 Å². The van der Waals surface area contributed by atoms with Gasteiger partial charge in [-0.3, -0.25) is 4.90 Å². The predicted molar refractivity (Wildman–Crippen MR) is 53.6 cm³/mol. The third-order valence-corrected chi connectivity index (χ3v) is 2.62. The van der Waals surface area contributed by atoms with Crippen LogP contribution in [-0.2, 0) is 0 Å². The van der Waals surface area contributed by atoms with Gasteiger partial charge < -0.3 is 16.2 Å². The average molecular weight is 187 g/mol. The molecule has 1 atom stereocenters. The van der Waals surface area contributed by atoms with Gasteiger partial charge in [-0.15, -0.1) is 0 Å². The quantitative estimate of drug-likeness (QED) is 0.516. The first-order valence-electron chi connectivity index (χ1n) is 5.14. The van der Waals surface area contributed by atoms with Crippen LogP contribution in [0.4, 0.5) is 0 Å². The number of nitrogens with two attached hydrogens (primary N) is 1. The standard InChI is InChI=1S/C9H21N3O/c10-3-1-2-9(8-13)12-6-4-11-5-7-12/h9,11,13H,1-8,10H2. The summed E-state index contributed by atoms with van der Waals surface area (Å²) in [5.41, 5.74) is 5.45. The van der Waals surface area contributed by atoms with Crippen molar-refractivity contribution in [3.63, 3.8) is 0 Å². The topological polar surface area (TPSA) is 61.5 Å². The van der Waals surface area contributed by atoms with Crippen molar-refractivity contribution in [2.24, 2.45) is 5.73 Å². The van der Waals surface area contributed by atoms with Crippen LogP contribution in [0.2, 0.25) is 0 Å². The van der Waals surface area contributed by atoms with Crippen LogP contribution in [0.3, 0.4) is 0 Å². The first-order chi connectivity index (χ1) is 6.38. The van der Waals surface area contributed by atoms with Crippen LogP contribution in [0.25, 0.3) is 0 Å². The molecule has 1 saturated heterocycles. The van der Waals surface area contributed by atoms with E-state index in [1.165, 1.54) is 0 Å². The highest BCUT2D eigenvalue weighted by molar-refractivity contribution is 4.76. The second-order valence-electron chi connectivity index (χ2n) is 3.55. The summed E-state index contributed by atoms with van der Waals surface area (Å²) in [6.45, 7) is 5.17. The lowest BCUT2D eigenvalue weighted by molar-refractivity contribution is 0.103. The van der Waals surface area contributed by atoms with E-state index in [4.69, 9.17) is 5.73 Å². The van der Waals surface area contributed by atoms with Crippen molar-refractivity contribution in [2.75, 3.05) is 39.3 Å². The molecule has 1 unspecified atom stereocenters. The van der Waals surface area contributed by atoms with Gasteiger partial charge in [0.05, 0.1) is 6.61 Å². The van der Waals surface area contributed by atoms with E-state index in [9.17, 15) is 5.11 Å². The summed E-state index contributed by atoms with van der Waals surface area (Å²) >= 11 is 0. The van der Waals surface area contributed by atoms with E-state index in [0.29, 0.717) is 6.04 Å². The lowest BCUT2D eigenvalue weighted by Gasteiger charge is -2.33. The summed E-state index contributed by atoms with van der Waals surface area (Å²) in [6.07, 6.45) is 2.03. The molecule has 0 aliphatic carbocycles. The van der Waals surface area contributed by atoms with Gasteiger partial charge >= 0.3 is 0 Å². The van der Waals surface area contributed by atoms with E-state index >= 15 is 0 Å². The van der Waals surface area contributed by atoms with Crippen LogP contribution < -0.4 is 11.1 Å². The minimum atomic E-state index is 0.264. The van der Waals surface area contributed by atoms with E-state index in [2.05, 4.69) is 10.2 Å². The molecule has 1 heterocycles. The highest BCUT2D eigenvalue weighted by atomic mass is 16.3. The molecule has 1 fully saturated rings. The second kappa shape index (κ2) is 6.32. The number of piperazine rings is 1. The van der Waals surface area contributed by atoms with Crippen LogP contribution in [0.1, 0.15) is 12.8 Å². The normalized spacial score (nSPS) is 21.7. The molecule has 1 aliphatic rings. The van der Waals surface area contributed by atoms with Gasteiger partial charge in [-0.2, -0.15) is 0 Å². The fraction of sp³-hybridized carbons (Fsp3) is 1.00. The van der Waals surface area contributed by atoms with Crippen molar-refractivity contribution >= 4 is 0 Å². The Bertz CT molecular complexity index is 126. The van der Waals surface area contributed by atoms with Gasteiger partial charge in [0.25, 0.3) is 0 Å². The monoisotopic (exact) mass is 187 g/mol. The molecule has 4 heteroatoms. The smallest absolute Gasteiger partial charge is 0.0586 e. The van der Waals surface area contributed by atoms with E-state index in [0.717, 1.165) is 45.6 Å². The molecule has 13 heavy (non-hydrogen) atoms. The molecule has 0 aromatic rings. The first-order valence-corrected chi connectivity index (χ1v) is 5.14. The molecule has 0 amide bonds. The van der Waals surface area contributed by atoms with Crippen LogP contribution >= 0.6 is 0 Å². The van der Waals surface area contributed by atoms with Crippen LogP contribution in [0.15, 0.2) is 0 Å². The molecule has 4 nitrogen and oxygen atoms in total. The Balaban J connectivity index is 2.26. The third kappa shape index (κ3) is 3.60. The van der Waals surface area contributed by atoms with E-state index in [1.807, 2.05) is 0 Å². The number of aliphatic hydroxyl groups excluding tert-OH is 1. The Morgan fingerprint density at radius 1 is 1.38 bits per heavy atom. The zero-order valence-electron chi connectivity index (χ0n) is 8.21. The van der Waals surface area contributed by atoms with Gasteiger partial charge in [0.15, 0.2) is 0 Å². The Labute approximate surface area is 80.1 Å². The SMILES string of the molecule is NCCCC(CO)N1CCNCC1. The van der Waals surface area contributed by atoms with Gasteiger partial charge in [-0.25, -0.2) is 0 Å². The van der Waals surface area contributed by atoms with Gasteiger partial charge in [-0.1, -0.05) is 0 Å². The fourth-order valence-corrected chi connectivity index (χ4v) is 1.79. The summed E-state index contributed by atoms with van der Waals surface area (Å²) in [6, 6.07) is 0.325. The summed E-state index contributed by atoms with van der Waals surface area (Å²) in [5.74, 6) is 0. The maximum atomic E-state index is 9.20. The molecular weight excluding hydrogens is 166 g/mol. The Morgan fingerprint density at radius 2 is 2.08 bits per heavy atom. The van der Waals surface area contributed by atoms with Crippen molar-refractivity contribution < 1.29 is 5.11 Å². The second-order valence-corrected chi connectivity index (χ2v) is 3.55. The Hall–Kier alpha value is -0.160. The van der Waals surface area contributed by atoms with E-state index < -0.39 is 0 Å². The molecule has 1 aliphatic heterocycles. The summed E-state index contributed by atoms with van der Waals surface area (Å²) in [5, 5.41) is 12.5. The molecule has 78 valence electrons. The number of rotatable bonds is 5. The molecule has 0 aromatic carbocycles. The van der Waals surface area contributed by atoms with Crippen LogP contribution in [0, 0.1) is 0 Å². The summed E-state index contributed by atoms with van der Waals surface area (Å²) in [4.78, 5) is 2.35. The molecule has 0 radical (unpaired) electrons. The molecule has 0 aromatic heterocycles. The maximum Gasteiger partial charge on any atom is 0.0586 e. The minimum Gasteiger partial charge on any atom is -0.395 e. The van der Waals surface area contributed by atoms with Crippen molar-refractivity contribution in [3.05, 3.63) is 0 Å². The van der Waals surface area contributed by atoms with Crippen molar-refractivity contribution in [1.82, 2.24) is 10.2 Å². The number of aliphatic hydroxyl groups is 1. The van der Waals surface area contributed by atoms with E-state index in [1.54, 1.807) is 0 Å². The van der Waals surface area contributed by atoms with Crippen molar-refractivity contribution in [1.29, 1.82) is 0 Å². The van der Waals surface area contributed by atoms with Gasteiger partial charge in [0, 0.05) is 32.2 Å². The minimum absolute atomic E-state index is 0.264. The van der Waals surface area contributed by atoms with Crippen molar-refractivity contribution in [2.45, 2.75) is 18.9 Å². The highest BCUT2D eigenvalue weighted by Crippen LogP contribution is 2.06. The van der Waals surface area contributed by atoms with Crippen LogP contribution in [-0.4, -0.2) is 55.4 Å². The molecule has 0 saturated carbocycles. The zero-order chi connectivity index (χ0) is 9.52. The fourth-order valence-electron chi connectivity index (χ4n) is 1.79. The molecule has 4 N–H and O–H groups in total. The number of hydrogen-bond donors (Lipinski definition) is 3. The Kier molecular flexibility index (Phi) is 5.31. The number of nitrogens with zero attached hydrogens (tertiary/aromatic N) is 1.